The average Bonchev–Trinajstić information content (AvgIpc) is 2.70. The van der Waals surface area contributed by atoms with Crippen LogP contribution in [0.25, 0.3) is 0 Å². The maximum Gasteiger partial charge on any atom is 0.255 e. The van der Waals surface area contributed by atoms with Gasteiger partial charge in [-0.15, -0.1) is 0 Å². The van der Waals surface area contributed by atoms with Gasteiger partial charge in [-0.05, 0) is 43.2 Å². The summed E-state index contributed by atoms with van der Waals surface area (Å²) in [6, 6.07) is 13.9. The van der Waals surface area contributed by atoms with Crippen molar-refractivity contribution in [3.05, 3.63) is 54.1 Å². The summed E-state index contributed by atoms with van der Waals surface area (Å²) in [5, 5.41) is 5.75. The predicted octanol–water partition coefficient (Wildman–Crippen LogP) is 3.54. The fraction of sp³-hybridized carbons (Fsp3) is 0.364. The molecule has 0 radical (unpaired) electrons. The zero-order valence-electron chi connectivity index (χ0n) is 17.2. The Morgan fingerprint density at radius 1 is 1.11 bits per heavy atom. The van der Waals surface area contributed by atoms with Gasteiger partial charge in [-0.2, -0.15) is 0 Å². The molecule has 0 heterocycles. The van der Waals surface area contributed by atoms with E-state index in [4.69, 9.17) is 4.74 Å². The van der Waals surface area contributed by atoms with Gasteiger partial charge in [-0.3, -0.25) is 9.59 Å². The summed E-state index contributed by atoms with van der Waals surface area (Å²) in [5.41, 5.74) is 2.11. The van der Waals surface area contributed by atoms with Gasteiger partial charge in [-0.25, -0.2) is 0 Å². The van der Waals surface area contributed by atoms with E-state index in [0.29, 0.717) is 17.0 Å². The Labute approximate surface area is 166 Å². The lowest BCUT2D eigenvalue weighted by Gasteiger charge is -2.23. The van der Waals surface area contributed by atoms with Gasteiger partial charge in [0.05, 0.1) is 12.7 Å². The van der Waals surface area contributed by atoms with E-state index < -0.39 is 6.04 Å². The number of hydrogen-bond donors (Lipinski definition) is 2. The van der Waals surface area contributed by atoms with E-state index in [-0.39, 0.29) is 17.7 Å². The molecular weight excluding hydrogens is 354 g/mol. The van der Waals surface area contributed by atoms with Gasteiger partial charge >= 0.3 is 0 Å². The Morgan fingerprint density at radius 3 is 2.46 bits per heavy atom. The maximum absolute atomic E-state index is 12.9. The third kappa shape index (κ3) is 5.25. The second-order valence-electron chi connectivity index (χ2n) is 6.95. The Hall–Kier alpha value is -3.02. The van der Waals surface area contributed by atoms with E-state index in [9.17, 15) is 9.59 Å². The van der Waals surface area contributed by atoms with E-state index in [1.807, 2.05) is 45.2 Å². The van der Waals surface area contributed by atoms with Crippen LogP contribution in [0.4, 0.5) is 11.4 Å². The molecule has 6 heteroatoms. The fourth-order valence-electron chi connectivity index (χ4n) is 2.81. The highest BCUT2D eigenvalue weighted by Gasteiger charge is 2.26. The van der Waals surface area contributed by atoms with E-state index >= 15 is 0 Å². The van der Waals surface area contributed by atoms with Gasteiger partial charge in [0.25, 0.3) is 5.91 Å². The molecule has 6 nitrogen and oxygen atoms in total. The van der Waals surface area contributed by atoms with Crippen molar-refractivity contribution < 1.29 is 14.3 Å². The molecule has 2 aromatic rings. The number of methoxy groups -OCH3 is 1. The van der Waals surface area contributed by atoms with Crippen LogP contribution in [0.1, 0.15) is 31.1 Å². The number of anilines is 2. The number of nitrogens with one attached hydrogen (secondary N) is 2. The van der Waals surface area contributed by atoms with Crippen molar-refractivity contribution in [3.8, 4) is 5.75 Å². The normalized spacial score (nSPS) is 11.6. The summed E-state index contributed by atoms with van der Waals surface area (Å²) >= 11 is 0. The highest BCUT2D eigenvalue weighted by Crippen LogP contribution is 2.20. The molecule has 0 aliphatic rings. The standard InChI is InChI=1S/C22H29N3O3/c1-6-25(4)17-11-9-10-16(14-17)23-22(27)20(15(2)3)24-21(26)18-12-7-8-13-19(18)28-5/h7-15,20H,6H2,1-5H3,(H,23,27)(H,24,26). The van der Waals surface area contributed by atoms with Crippen LogP contribution in [-0.2, 0) is 4.79 Å². The molecule has 0 bridgehead atoms. The second-order valence-corrected chi connectivity index (χ2v) is 6.95. The molecule has 2 amide bonds. The van der Waals surface area contributed by atoms with E-state index in [0.717, 1.165) is 12.2 Å². The fourth-order valence-corrected chi connectivity index (χ4v) is 2.81. The Balaban J connectivity index is 2.15. The largest absolute Gasteiger partial charge is 0.496 e. The third-order valence-corrected chi connectivity index (χ3v) is 4.62. The van der Waals surface area contributed by atoms with Crippen LogP contribution >= 0.6 is 0 Å². The first-order valence-electron chi connectivity index (χ1n) is 9.43. The zero-order valence-corrected chi connectivity index (χ0v) is 17.2. The van der Waals surface area contributed by atoms with E-state index in [1.165, 1.54) is 7.11 Å². The molecule has 0 aliphatic heterocycles. The summed E-state index contributed by atoms with van der Waals surface area (Å²) in [6.45, 7) is 6.72. The first kappa shape index (κ1) is 21.3. The van der Waals surface area contributed by atoms with Crippen molar-refractivity contribution in [3.63, 3.8) is 0 Å². The molecule has 28 heavy (non-hydrogen) atoms. The number of nitrogens with zero attached hydrogens (tertiary/aromatic N) is 1. The summed E-state index contributed by atoms with van der Waals surface area (Å²) in [5.74, 6) is -0.210. The molecule has 0 aromatic heterocycles. The Bertz CT molecular complexity index is 820. The van der Waals surface area contributed by atoms with Crippen molar-refractivity contribution in [2.75, 3.05) is 30.9 Å². The van der Waals surface area contributed by atoms with Crippen LogP contribution in [0.2, 0.25) is 0 Å². The molecule has 2 aromatic carbocycles. The van der Waals surface area contributed by atoms with Crippen molar-refractivity contribution in [1.82, 2.24) is 5.32 Å². The first-order valence-corrected chi connectivity index (χ1v) is 9.43. The predicted molar refractivity (Wildman–Crippen MR) is 113 cm³/mol. The molecule has 0 aliphatic carbocycles. The average molecular weight is 383 g/mol. The Morgan fingerprint density at radius 2 is 1.82 bits per heavy atom. The minimum absolute atomic E-state index is 0.0832. The molecule has 0 saturated carbocycles. The number of amides is 2. The monoisotopic (exact) mass is 383 g/mol. The molecule has 0 spiro atoms. The molecule has 2 N–H and O–H groups in total. The van der Waals surface area contributed by atoms with Crippen LogP contribution in [0, 0.1) is 5.92 Å². The number of carbonyl (C=O) groups is 2. The summed E-state index contributed by atoms with van der Waals surface area (Å²) in [4.78, 5) is 27.6. The lowest BCUT2D eigenvalue weighted by Crippen LogP contribution is -2.47. The highest BCUT2D eigenvalue weighted by atomic mass is 16.5. The molecule has 1 atom stereocenters. The number of para-hydroxylation sites is 1. The highest BCUT2D eigenvalue weighted by molar-refractivity contribution is 6.02. The minimum atomic E-state index is -0.676. The van der Waals surface area contributed by atoms with E-state index in [1.54, 1.807) is 24.3 Å². The molecule has 2 rings (SSSR count). The number of rotatable bonds is 8. The van der Waals surface area contributed by atoms with Gasteiger partial charge < -0.3 is 20.3 Å². The van der Waals surface area contributed by atoms with Crippen LogP contribution in [0.5, 0.6) is 5.75 Å². The quantitative estimate of drug-likeness (QED) is 0.731. The summed E-state index contributed by atoms with van der Waals surface area (Å²) < 4.78 is 5.24. The zero-order chi connectivity index (χ0) is 20.7. The smallest absolute Gasteiger partial charge is 0.255 e. The van der Waals surface area contributed by atoms with E-state index in [2.05, 4.69) is 22.5 Å². The summed E-state index contributed by atoms with van der Waals surface area (Å²) in [7, 11) is 3.50. The second kappa shape index (κ2) is 9.78. The SMILES string of the molecule is CCN(C)c1cccc(NC(=O)C(NC(=O)c2ccccc2OC)C(C)C)c1. The lowest BCUT2D eigenvalue weighted by molar-refractivity contribution is -0.118. The number of ether oxygens (including phenoxy) is 1. The van der Waals surface area contributed by atoms with Gasteiger partial charge in [0.15, 0.2) is 0 Å². The van der Waals surface area contributed by atoms with Gasteiger partial charge in [-0.1, -0.05) is 32.0 Å². The van der Waals surface area contributed by atoms with Crippen LogP contribution < -0.4 is 20.3 Å². The number of carbonyl (C=O) groups excluding carboxylic acids is 2. The molecular formula is C22H29N3O3. The Kier molecular flexibility index (Phi) is 7.44. The van der Waals surface area contributed by atoms with Crippen molar-refractivity contribution in [1.29, 1.82) is 0 Å². The maximum atomic E-state index is 12.9. The van der Waals surface area contributed by atoms with Crippen LogP contribution in [0.3, 0.4) is 0 Å². The molecule has 0 saturated heterocycles. The van der Waals surface area contributed by atoms with Crippen molar-refractivity contribution >= 4 is 23.2 Å². The third-order valence-electron chi connectivity index (χ3n) is 4.62. The topological polar surface area (TPSA) is 70.7 Å². The van der Waals surface area contributed by atoms with Crippen LogP contribution in [-0.4, -0.2) is 38.6 Å². The van der Waals surface area contributed by atoms with Gasteiger partial charge in [0.2, 0.25) is 5.91 Å². The van der Waals surface area contributed by atoms with Crippen molar-refractivity contribution in [2.45, 2.75) is 26.8 Å². The van der Waals surface area contributed by atoms with Crippen molar-refractivity contribution in [2.24, 2.45) is 5.92 Å². The lowest BCUT2D eigenvalue weighted by atomic mass is 10.0. The first-order chi connectivity index (χ1) is 13.4. The molecule has 0 fully saturated rings. The minimum Gasteiger partial charge on any atom is -0.496 e. The van der Waals surface area contributed by atoms with Gasteiger partial charge in [0.1, 0.15) is 11.8 Å². The number of benzene rings is 2. The van der Waals surface area contributed by atoms with Gasteiger partial charge in [0, 0.05) is 25.0 Å². The van der Waals surface area contributed by atoms with Crippen LogP contribution in [0.15, 0.2) is 48.5 Å². The number of hydrogen-bond acceptors (Lipinski definition) is 4. The summed E-state index contributed by atoms with van der Waals surface area (Å²) in [6.07, 6.45) is 0. The molecule has 150 valence electrons. The molecule has 1 unspecified atom stereocenters.